The van der Waals surface area contributed by atoms with Crippen LogP contribution in [0.5, 0.6) is 0 Å². The molecule has 2 N–H and O–H groups in total. The van der Waals surface area contributed by atoms with Gasteiger partial charge in [-0.05, 0) is 24.8 Å². The van der Waals surface area contributed by atoms with Gasteiger partial charge in [-0.2, -0.15) is 4.21 Å². The molecule has 1 saturated carbocycles. The highest BCUT2D eigenvalue weighted by Crippen LogP contribution is 2.33. The molecule has 4 nitrogen and oxygen atoms in total. The highest BCUT2D eigenvalue weighted by atomic mass is 32.9. The summed E-state index contributed by atoms with van der Waals surface area (Å²) in [4.78, 5) is 0. The van der Waals surface area contributed by atoms with Crippen LogP contribution in [0.4, 0.5) is 0 Å². The van der Waals surface area contributed by atoms with Gasteiger partial charge >= 0.3 is 0 Å². The summed E-state index contributed by atoms with van der Waals surface area (Å²) in [6.07, 6.45) is 9.29. The van der Waals surface area contributed by atoms with Gasteiger partial charge in [0.15, 0.2) is 0 Å². The zero-order chi connectivity index (χ0) is 14.1. The molecule has 0 aromatic rings. The van der Waals surface area contributed by atoms with E-state index < -0.39 is 9.05 Å². The monoisotopic (exact) mass is 309 g/mol. The van der Waals surface area contributed by atoms with Gasteiger partial charge in [0.05, 0.1) is 6.61 Å². The number of nitrogens with one attached hydrogen (secondary N) is 1. The van der Waals surface area contributed by atoms with E-state index in [9.17, 15) is 4.21 Å². The average molecular weight is 309 g/mol. The first kappa shape index (κ1) is 17.3. The van der Waals surface area contributed by atoms with E-state index in [4.69, 9.17) is 4.55 Å². The summed E-state index contributed by atoms with van der Waals surface area (Å²) in [6.45, 7) is 4.00. The Balaban J connectivity index is 2.20. The van der Waals surface area contributed by atoms with Crippen LogP contribution in [0.2, 0.25) is 0 Å². The number of rotatable bonds is 10. The van der Waals surface area contributed by atoms with Gasteiger partial charge in [-0.1, -0.05) is 45.4 Å². The van der Waals surface area contributed by atoms with E-state index in [0.29, 0.717) is 6.54 Å². The Hall–Kier alpha value is 0.250. The summed E-state index contributed by atoms with van der Waals surface area (Å²) >= 11 is 4.26. The Labute approximate surface area is 122 Å². The maximum absolute atomic E-state index is 10.8. The Kier molecular flexibility index (Phi) is 8.41. The lowest BCUT2D eigenvalue weighted by Gasteiger charge is -2.23. The van der Waals surface area contributed by atoms with Crippen molar-refractivity contribution in [3.8, 4) is 0 Å². The first-order chi connectivity index (χ1) is 9.03. The molecule has 19 heavy (non-hydrogen) atoms. The van der Waals surface area contributed by atoms with Crippen molar-refractivity contribution in [2.24, 2.45) is 11.8 Å². The van der Waals surface area contributed by atoms with Gasteiger partial charge in [-0.25, -0.2) is 0 Å². The molecule has 1 rings (SSSR count). The molecule has 0 aliphatic heterocycles. The van der Waals surface area contributed by atoms with Gasteiger partial charge in [-0.15, -0.1) is 0 Å². The predicted octanol–water partition coefficient (Wildman–Crippen LogP) is 2.72. The largest absolute Gasteiger partial charge is 0.314 e. The minimum absolute atomic E-state index is 0.198. The van der Waals surface area contributed by atoms with Crippen molar-refractivity contribution in [2.75, 3.05) is 19.7 Å². The lowest BCUT2D eigenvalue weighted by atomic mass is 9.86. The third-order valence-electron chi connectivity index (χ3n) is 3.91. The standard InChI is InChI=1S/C13H27NO3S2/c1-2-3-6-13(12-7-4-5-8-12)11-14-9-10-17-19(15,16)18/h12-14H,2-11H2,1H3,(H,15,16,18)/t13-/m1/s1. The van der Waals surface area contributed by atoms with Crippen molar-refractivity contribution >= 4 is 20.2 Å². The molecule has 0 aromatic carbocycles. The highest BCUT2D eigenvalue weighted by molar-refractivity contribution is 8.27. The minimum atomic E-state index is -3.46. The molecular formula is C13H27NO3S2. The number of hydrogen-bond donors (Lipinski definition) is 2. The Bertz CT molecular complexity index is 327. The first-order valence-electron chi connectivity index (χ1n) is 7.35. The van der Waals surface area contributed by atoms with E-state index in [1.54, 1.807) is 0 Å². The fourth-order valence-electron chi connectivity index (χ4n) is 2.91. The summed E-state index contributed by atoms with van der Waals surface area (Å²) in [5, 5.41) is 3.34. The summed E-state index contributed by atoms with van der Waals surface area (Å²) in [5.41, 5.74) is 0. The lowest BCUT2D eigenvalue weighted by Crippen LogP contribution is -2.30. The maximum Gasteiger partial charge on any atom is 0.266 e. The van der Waals surface area contributed by atoms with Crippen LogP contribution in [0.15, 0.2) is 0 Å². The molecule has 2 atom stereocenters. The van der Waals surface area contributed by atoms with Crippen LogP contribution in [0.1, 0.15) is 51.9 Å². The van der Waals surface area contributed by atoms with Gasteiger partial charge in [0.1, 0.15) is 0 Å². The highest BCUT2D eigenvalue weighted by Gasteiger charge is 2.24. The van der Waals surface area contributed by atoms with Gasteiger partial charge < -0.3 is 5.32 Å². The quantitative estimate of drug-likeness (QED) is 0.608. The van der Waals surface area contributed by atoms with E-state index in [1.165, 1.54) is 44.9 Å². The van der Waals surface area contributed by atoms with Crippen molar-refractivity contribution in [1.29, 1.82) is 0 Å². The summed E-state index contributed by atoms with van der Waals surface area (Å²) < 4.78 is 24.2. The molecule has 0 heterocycles. The second kappa shape index (κ2) is 9.23. The molecule has 6 heteroatoms. The van der Waals surface area contributed by atoms with Crippen LogP contribution in [0.3, 0.4) is 0 Å². The van der Waals surface area contributed by atoms with E-state index in [1.807, 2.05) is 0 Å². The summed E-state index contributed by atoms with van der Waals surface area (Å²) in [6, 6.07) is 0. The third kappa shape index (κ3) is 8.19. The van der Waals surface area contributed by atoms with E-state index in [0.717, 1.165) is 18.4 Å². The van der Waals surface area contributed by atoms with Crippen LogP contribution in [-0.2, 0) is 24.4 Å². The fraction of sp³-hybridized carbons (Fsp3) is 1.00. The van der Waals surface area contributed by atoms with Gasteiger partial charge in [0.2, 0.25) is 0 Å². The molecule has 0 saturated heterocycles. The molecule has 0 amide bonds. The van der Waals surface area contributed by atoms with Gasteiger partial charge in [-0.3, -0.25) is 8.74 Å². The van der Waals surface area contributed by atoms with Crippen LogP contribution < -0.4 is 5.32 Å². The van der Waals surface area contributed by atoms with Crippen LogP contribution in [-0.4, -0.2) is 28.5 Å². The van der Waals surface area contributed by atoms with Crippen molar-refractivity contribution in [2.45, 2.75) is 51.9 Å². The van der Waals surface area contributed by atoms with Crippen molar-refractivity contribution in [3.05, 3.63) is 0 Å². The number of hydrogen-bond acceptors (Lipinski definition) is 4. The molecule has 1 fully saturated rings. The Morgan fingerprint density at radius 3 is 2.74 bits per heavy atom. The lowest BCUT2D eigenvalue weighted by molar-refractivity contribution is 0.272. The Morgan fingerprint density at radius 2 is 2.16 bits per heavy atom. The smallest absolute Gasteiger partial charge is 0.266 e. The SMILES string of the molecule is CCCC[C@H](CNCCOS(=O)(O)=S)C1CCCC1. The van der Waals surface area contributed by atoms with Gasteiger partial charge in [0, 0.05) is 17.7 Å². The summed E-state index contributed by atoms with van der Waals surface area (Å²) in [5.74, 6) is 1.60. The molecule has 0 radical (unpaired) electrons. The molecular weight excluding hydrogens is 282 g/mol. The van der Waals surface area contributed by atoms with Crippen LogP contribution >= 0.6 is 0 Å². The fourth-order valence-corrected chi connectivity index (χ4v) is 3.40. The van der Waals surface area contributed by atoms with Gasteiger partial charge in [0.25, 0.3) is 9.05 Å². The molecule has 114 valence electrons. The molecule has 1 aliphatic carbocycles. The van der Waals surface area contributed by atoms with Crippen molar-refractivity contribution in [1.82, 2.24) is 5.32 Å². The maximum atomic E-state index is 10.8. The Morgan fingerprint density at radius 1 is 1.47 bits per heavy atom. The zero-order valence-electron chi connectivity index (χ0n) is 11.8. The second-order valence-electron chi connectivity index (χ2n) is 5.40. The molecule has 1 unspecified atom stereocenters. The van der Waals surface area contributed by atoms with Crippen molar-refractivity contribution in [3.63, 3.8) is 0 Å². The molecule has 0 bridgehead atoms. The van der Waals surface area contributed by atoms with Crippen LogP contribution in [0, 0.1) is 11.8 Å². The number of unbranched alkanes of at least 4 members (excludes halogenated alkanes) is 1. The minimum Gasteiger partial charge on any atom is -0.314 e. The predicted molar refractivity (Wildman–Crippen MR) is 81.9 cm³/mol. The van der Waals surface area contributed by atoms with E-state index in [2.05, 4.69) is 27.6 Å². The summed E-state index contributed by atoms with van der Waals surface area (Å²) in [7, 11) is -3.46. The third-order valence-corrected chi connectivity index (χ3v) is 4.67. The molecule has 0 aromatic heterocycles. The van der Waals surface area contributed by atoms with E-state index in [-0.39, 0.29) is 6.61 Å². The molecule has 1 aliphatic rings. The zero-order valence-corrected chi connectivity index (χ0v) is 13.4. The first-order valence-corrected chi connectivity index (χ1v) is 9.72. The average Bonchev–Trinajstić information content (AvgIpc) is 2.85. The normalized spacial score (nSPS) is 21.4. The van der Waals surface area contributed by atoms with Crippen LogP contribution in [0.25, 0.3) is 0 Å². The second-order valence-corrected chi connectivity index (χ2v) is 7.76. The topological polar surface area (TPSA) is 58.6 Å². The van der Waals surface area contributed by atoms with Crippen molar-refractivity contribution < 1.29 is 12.9 Å². The van der Waals surface area contributed by atoms with E-state index >= 15 is 0 Å². The molecule has 0 spiro atoms.